The van der Waals surface area contributed by atoms with Gasteiger partial charge in [0.1, 0.15) is 17.7 Å². The molecule has 1 fully saturated rings. The first-order valence-corrected chi connectivity index (χ1v) is 16.4. The molecule has 4 unspecified atom stereocenters. The lowest BCUT2D eigenvalue weighted by Gasteiger charge is -2.35. The third kappa shape index (κ3) is 10.5. The molecule has 1 saturated heterocycles. The SMILES string of the molecule is Cc1ncsc1-c1ccc(C(C)NC(=O)C2CC(O)CN2C(=O)C(NC(=O)CCCCNC(=O)OC(C)(C)C)C(C)(C)C)cc1. The maximum Gasteiger partial charge on any atom is 0.407 e. The van der Waals surface area contributed by atoms with Crippen molar-refractivity contribution < 1.29 is 29.0 Å². The fourth-order valence-corrected chi connectivity index (χ4v) is 5.98. The number of thiazole rings is 1. The van der Waals surface area contributed by atoms with Crippen LogP contribution in [0, 0.1) is 12.3 Å². The van der Waals surface area contributed by atoms with Crippen molar-refractivity contribution in [2.24, 2.45) is 5.41 Å². The first kappa shape index (κ1) is 36.0. The summed E-state index contributed by atoms with van der Waals surface area (Å²) in [5.41, 5.74) is 3.51. The first-order valence-electron chi connectivity index (χ1n) is 15.5. The number of nitrogens with one attached hydrogen (secondary N) is 3. The number of aliphatic hydroxyl groups excluding tert-OH is 1. The van der Waals surface area contributed by atoms with Crippen LogP contribution in [0.15, 0.2) is 29.8 Å². The van der Waals surface area contributed by atoms with E-state index in [4.69, 9.17) is 4.74 Å². The zero-order valence-corrected chi connectivity index (χ0v) is 28.5. The third-order valence-corrected chi connectivity index (χ3v) is 8.54. The Kier molecular flexibility index (Phi) is 12.1. The molecule has 0 spiro atoms. The van der Waals surface area contributed by atoms with Crippen LogP contribution in [0.2, 0.25) is 0 Å². The second-order valence-electron chi connectivity index (χ2n) is 13.8. The van der Waals surface area contributed by atoms with E-state index in [0.717, 1.165) is 21.7 Å². The molecule has 0 aliphatic carbocycles. The molecule has 1 aromatic carbocycles. The summed E-state index contributed by atoms with van der Waals surface area (Å²) < 4.78 is 5.21. The number of carbonyl (C=O) groups is 4. The fourth-order valence-electron chi connectivity index (χ4n) is 5.16. The predicted molar refractivity (Wildman–Crippen MR) is 174 cm³/mol. The van der Waals surface area contributed by atoms with Crippen LogP contribution in [0.1, 0.15) is 91.4 Å². The highest BCUT2D eigenvalue weighted by Crippen LogP contribution is 2.29. The van der Waals surface area contributed by atoms with Crippen molar-refractivity contribution in [2.45, 2.75) is 111 Å². The molecule has 4 N–H and O–H groups in total. The summed E-state index contributed by atoms with van der Waals surface area (Å²) in [6.07, 6.45) is -0.0117. The number of unbranched alkanes of at least 4 members (excludes halogenated alkanes) is 1. The monoisotopic (exact) mass is 643 g/mol. The van der Waals surface area contributed by atoms with Gasteiger partial charge < -0.3 is 30.7 Å². The van der Waals surface area contributed by atoms with Crippen molar-refractivity contribution in [1.29, 1.82) is 0 Å². The van der Waals surface area contributed by atoms with Crippen molar-refractivity contribution in [3.63, 3.8) is 0 Å². The van der Waals surface area contributed by atoms with Crippen LogP contribution in [0.3, 0.4) is 0 Å². The van der Waals surface area contributed by atoms with Crippen molar-refractivity contribution >= 4 is 35.2 Å². The summed E-state index contributed by atoms with van der Waals surface area (Å²) in [6, 6.07) is 5.84. The highest BCUT2D eigenvalue weighted by molar-refractivity contribution is 7.13. The minimum absolute atomic E-state index is 0.00693. The molecule has 1 aliphatic heterocycles. The van der Waals surface area contributed by atoms with Crippen LogP contribution in [-0.4, -0.2) is 75.7 Å². The van der Waals surface area contributed by atoms with Gasteiger partial charge in [-0.05, 0) is 64.0 Å². The Morgan fingerprint density at radius 1 is 1.07 bits per heavy atom. The molecule has 3 rings (SSSR count). The number of hydrogen-bond donors (Lipinski definition) is 4. The standard InChI is InChI=1S/C33H49N5O6S/c1-20(22-12-14-23(15-13-22)27-21(2)35-19-45-27)36-29(41)25-17-24(39)18-38(25)30(42)28(32(3,4)5)37-26(40)11-9-10-16-34-31(43)44-33(6,7)8/h12-15,19-20,24-25,28,39H,9-11,16-18H2,1-8H3,(H,34,43)(H,36,41)(H,37,40). The van der Waals surface area contributed by atoms with E-state index in [1.54, 1.807) is 32.1 Å². The Labute approximate surface area is 270 Å². The first-order chi connectivity index (χ1) is 21.0. The number of β-amino-alcohol motifs (C(OH)–C–C–N with tert-alkyl or cyclic N) is 1. The molecule has 4 atom stereocenters. The van der Waals surface area contributed by atoms with Crippen molar-refractivity contribution in [2.75, 3.05) is 13.1 Å². The number of nitrogens with zero attached hydrogens (tertiary/aromatic N) is 2. The Morgan fingerprint density at radius 3 is 2.31 bits per heavy atom. The molecule has 45 heavy (non-hydrogen) atoms. The molecule has 248 valence electrons. The number of alkyl carbamates (subject to hydrolysis) is 1. The zero-order valence-electron chi connectivity index (χ0n) is 27.7. The smallest absolute Gasteiger partial charge is 0.407 e. The zero-order chi connectivity index (χ0) is 33.5. The Hall–Kier alpha value is -3.51. The van der Waals surface area contributed by atoms with E-state index in [1.165, 1.54) is 4.90 Å². The van der Waals surface area contributed by atoms with Gasteiger partial charge in [-0.15, -0.1) is 11.3 Å². The molecule has 2 aromatic rings. The number of likely N-dealkylation sites (tertiary alicyclic amines) is 1. The normalized spacial score (nSPS) is 18.2. The fraction of sp³-hybridized carbons (Fsp3) is 0.606. The van der Waals surface area contributed by atoms with Gasteiger partial charge in [-0.1, -0.05) is 45.0 Å². The quantitative estimate of drug-likeness (QED) is 0.264. The highest BCUT2D eigenvalue weighted by Gasteiger charge is 2.44. The van der Waals surface area contributed by atoms with Crippen LogP contribution >= 0.6 is 11.3 Å². The van der Waals surface area contributed by atoms with Crippen molar-refractivity contribution in [3.05, 3.63) is 41.0 Å². The molecular weight excluding hydrogens is 594 g/mol. The average molecular weight is 644 g/mol. The molecule has 2 heterocycles. The summed E-state index contributed by atoms with van der Waals surface area (Å²) in [5, 5.41) is 19.0. The Bertz CT molecular complexity index is 1330. The number of benzene rings is 1. The number of rotatable bonds is 11. The van der Waals surface area contributed by atoms with Gasteiger partial charge in [0.15, 0.2) is 0 Å². The van der Waals surface area contributed by atoms with Crippen LogP contribution in [0.4, 0.5) is 4.79 Å². The summed E-state index contributed by atoms with van der Waals surface area (Å²) in [4.78, 5) is 58.8. The summed E-state index contributed by atoms with van der Waals surface area (Å²) in [6.45, 7) is 15.1. The number of aryl methyl sites for hydroxylation is 1. The van der Waals surface area contributed by atoms with Crippen LogP contribution in [0.5, 0.6) is 0 Å². The van der Waals surface area contributed by atoms with E-state index in [2.05, 4.69) is 20.9 Å². The lowest BCUT2D eigenvalue weighted by atomic mass is 9.85. The van der Waals surface area contributed by atoms with Crippen molar-refractivity contribution in [3.8, 4) is 10.4 Å². The summed E-state index contributed by atoms with van der Waals surface area (Å²) in [7, 11) is 0. The van der Waals surface area contributed by atoms with Gasteiger partial charge in [0, 0.05) is 25.9 Å². The Balaban J connectivity index is 1.58. The minimum atomic E-state index is -0.898. The van der Waals surface area contributed by atoms with Crippen molar-refractivity contribution in [1.82, 2.24) is 25.8 Å². The van der Waals surface area contributed by atoms with Crippen LogP contribution in [-0.2, 0) is 19.1 Å². The van der Waals surface area contributed by atoms with Gasteiger partial charge in [0.2, 0.25) is 17.7 Å². The molecule has 4 amide bonds. The van der Waals surface area contributed by atoms with Gasteiger partial charge in [-0.25, -0.2) is 9.78 Å². The number of aromatic nitrogens is 1. The largest absolute Gasteiger partial charge is 0.444 e. The number of carbonyl (C=O) groups excluding carboxylic acids is 4. The average Bonchev–Trinajstić information content (AvgIpc) is 3.55. The number of aliphatic hydroxyl groups is 1. The van der Waals surface area contributed by atoms with E-state index in [-0.39, 0.29) is 37.2 Å². The molecule has 11 nitrogen and oxygen atoms in total. The maximum absolute atomic E-state index is 13.8. The molecule has 0 saturated carbocycles. The lowest BCUT2D eigenvalue weighted by Crippen LogP contribution is -2.57. The predicted octanol–water partition coefficient (Wildman–Crippen LogP) is 4.48. The maximum atomic E-state index is 13.8. The van der Waals surface area contributed by atoms with Gasteiger partial charge >= 0.3 is 6.09 Å². The molecule has 0 radical (unpaired) electrons. The second-order valence-corrected chi connectivity index (χ2v) is 14.6. The van der Waals surface area contributed by atoms with Crippen LogP contribution < -0.4 is 16.0 Å². The lowest BCUT2D eigenvalue weighted by molar-refractivity contribution is -0.144. The summed E-state index contributed by atoms with van der Waals surface area (Å²) >= 11 is 1.58. The highest BCUT2D eigenvalue weighted by atomic mass is 32.1. The third-order valence-electron chi connectivity index (χ3n) is 7.56. The van der Waals surface area contributed by atoms with E-state index < -0.39 is 41.2 Å². The molecule has 1 aromatic heterocycles. The Morgan fingerprint density at radius 2 is 1.73 bits per heavy atom. The number of hydrogen-bond acceptors (Lipinski definition) is 8. The molecule has 0 bridgehead atoms. The molecular formula is C33H49N5O6S. The molecule has 12 heteroatoms. The van der Waals surface area contributed by atoms with E-state index >= 15 is 0 Å². The van der Waals surface area contributed by atoms with Gasteiger partial charge in [0.25, 0.3) is 0 Å². The second kappa shape index (κ2) is 15.2. The van der Waals surface area contributed by atoms with E-state index in [0.29, 0.717) is 19.4 Å². The number of ether oxygens (including phenoxy) is 1. The van der Waals surface area contributed by atoms with Crippen LogP contribution in [0.25, 0.3) is 10.4 Å². The van der Waals surface area contributed by atoms with E-state index in [1.807, 2.05) is 64.4 Å². The minimum Gasteiger partial charge on any atom is -0.444 e. The topological polar surface area (TPSA) is 150 Å². The van der Waals surface area contributed by atoms with Gasteiger partial charge in [-0.3, -0.25) is 14.4 Å². The summed E-state index contributed by atoms with van der Waals surface area (Å²) in [5.74, 6) is -1.06. The van der Waals surface area contributed by atoms with E-state index in [9.17, 15) is 24.3 Å². The molecule has 1 aliphatic rings. The van der Waals surface area contributed by atoms with Gasteiger partial charge in [0.05, 0.1) is 28.2 Å². The number of amides is 4. The van der Waals surface area contributed by atoms with Gasteiger partial charge in [-0.2, -0.15) is 0 Å².